The zero-order valence-electron chi connectivity index (χ0n) is 17.1. The number of ether oxygens (including phenoxy) is 1. The predicted octanol–water partition coefficient (Wildman–Crippen LogP) is 2.95. The van der Waals surface area contributed by atoms with Gasteiger partial charge in [-0.25, -0.2) is 4.79 Å². The Morgan fingerprint density at radius 1 is 0.966 bits per heavy atom. The summed E-state index contributed by atoms with van der Waals surface area (Å²) in [5.41, 5.74) is 9.83. The standard InChI is InChI=1S/C22H32N4O3/c23-19-13-18(15-1-2-15)20(14-21(19)29-17-3-4-17)25-7-5-16(6-8-25)24-9-11-26(12-10-24)22(27)28/h13-17H,1-12,23H2,(H,27,28). The van der Waals surface area contributed by atoms with Gasteiger partial charge in [0.1, 0.15) is 5.75 Å². The summed E-state index contributed by atoms with van der Waals surface area (Å²) >= 11 is 0. The number of carboxylic acid groups (broad SMARTS) is 1. The second-order valence-corrected chi connectivity index (χ2v) is 9.06. The highest BCUT2D eigenvalue weighted by molar-refractivity contribution is 5.69. The molecule has 0 atom stereocenters. The molecular formula is C22H32N4O3. The SMILES string of the molecule is Nc1cc(C2CC2)c(N2CCC(N3CCN(C(=O)O)CC3)CC2)cc1OC1CC1. The number of benzene rings is 1. The number of carbonyl (C=O) groups is 1. The summed E-state index contributed by atoms with van der Waals surface area (Å²) < 4.78 is 6.08. The van der Waals surface area contributed by atoms with Gasteiger partial charge in [-0.1, -0.05) is 0 Å². The van der Waals surface area contributed by atoms with Crippen molar-refractivity contribution in [1.29, 1.82) is 0 Å². The van der Waals surface area contributed by atoms with E-state index in [9.17, 15) is 4.79 Å². The Balaban J connectivity index is 1.25. The molecule has 5 rings (SSSR count). The second kappa shape index (κ2) is 7.59. The van der Waals surface area contributed by atoms with Gasteiger partial charge < -0.3 is 25.4 Å². The van der Waals surface area contributed by atoms with Crippen LogP contribution in [0.3, 0.4) is 0 Å². The Labute approximate surface area is 172 Å². The molecule has 2 aliphatic heterocycles. The van der Waals surface area contributed by atoms with Crippen LogP contribution in [-0.2, 0) is 0 Å². The fraction of sp³-hybridized carbons (Fsp3) is 0.682. The molecule has 2 heterocycles. The van der Waals surface area contributed by atoms with Crippen LogP contribution in [0.4, 0.5) is 16.2 Å². The smallest absolute Gasteiger partial charge is 0.407 e. The Morgan fingerprint density at radius 3 is 2.24 bits per heavy atom. The number of anilines is 2. The lowest BCUT2D eigenvalue weighted by atomic mass is 9.99. The molecule has 2 saturated heterocycles. The van der Waals surface area contributed by atoms with Crippen LogP contribution in [0.15, 0.2) is 12.1 Å². The van der Waals surface area contributed by atoms with Crippen LogP contribution in [0.2, 0.25) is 0 Å². The third-order valence-electron chi connectivity index (χ3n) is 6.90. The van der Waals surface area contributed by atoms with Crippen molar-refractivity contribution in [3.8, 4) is 5.75 Å². The fourth-order valence-electron chi connectivity index (χ4n) is 4.82. The number of nitrogen functional groups attached to an aromatic ring is 1. The van der Waals surface area contributed by atoms with Crippen molar-refractivity contribution >= 4 is 17.5 Å². The van der Waals surface area contributed by atoms with Crippen molar-refractivity contribution in [2.45, 2.75) is 56.6 Å². The van der Waals surface area contributed by atoms with Crippen LogP contribution in [0, 0.1) is 0 Å². The first-order valence-corrected chi connectivity index (χ1v) is 11.2. The normalized spacial score (nSPS) is 24.0. The lowest BCUT2D eigenvalue weighted by Gasteiger charge is -2.43. The molecule has 7 nitrogen and oxygen atoms in total. The van der Waals surface area contributed by atoms with Crippen LogP contribution in [-0.4, -0.2) is 72.4 Å². The van der Waals surface area contributed by atoms with Gasteiger partial charge in [0.25, 0.3) is 0 Å². The molecule has 3 N–H and O–H groups in total. The summed E-state index contributed by atoms with van der Waals surface area (Å²) in [4.78, 5) is 17.7. The Hall–Kier alpha value is -2.15. The molecule has 1 aromatic carbocycles. The van der Waals surface area contributed by atoms with E-state index in [1.165, 1.54) is 29.0 Å². The minimum Gasteiger partial charge on any atom is -0.488 e. The van der Waals surface area contributed by atoms with Gasteiger partial charge in [-0.3, -0.25) is 4.90 Å². The number of rotatable bonds is 5. The monoisotopic (exact) mass is 400 g/mol. The topological polar surface area (TPSA) is 82.3 Å². The molecule has 0 spiro atoms. The van der Waals surface area contributed by atoms with E-state index in [2.05, 4.69) is 21.9 Å². The molecule has 0 bridgehead atoms. The highest BCUT2D eigenvalue weighted by Gasteiger charge is 2.33. The molecule has 1 aromatic rings. The van der Waals surface area contributed by atoms with Crippen LogP contribution < -0.4 is 15.4 Å². The van der Waals surface area contributed by atoms with Gasteiger partial charge in [0, 0.05) is 57.1 Å². The average molecular weight is 401 g/mol. The van der Waals surface area contributed by atoms with Gasteiger partial charge in [0.05, 0.1) is 11.8 Å². The Morgan fingerprint density at radius 2 is 1.66 bits per heavy atom. The number of nitrogens with two attached hydrogens (primary N) is 1. The molecule has 2 aliphatic carbocycles. The van der Waals surface area contributed by atoms with Gasteiger partial charge in [0.15, 0.2) is 0 Å². The first kappa shape index (κ1) is 18.9. The number of hydrogen-bond acceptors (Lipinski definition) is 5. The quantitative estimate of drug-likeness (QED) is 0.740. The van der Waals surface area contributed by atoms with E-state index in [4.69, 9.17) is 15.6 Å². The predicted molar refractivity (Wildman–Crippen MR) is 113 cm³/mol. The van der Waals surface area contributed by atoms with Gasteiger partial charge in [-0.2, -0.15) is 0 Å². The van der Waals surface area contributed by atoms with E-state index in [0.717, 1.165) is 63.3 Å². The van der Waals surface area contributed by atoms with E-state index < -0.39 is 6.09 Å². The largest absolute Gasteiger partial charge is 0.488 e. The number of nitrogens with zero attached hydrogens (tertiary/aromatic N) is 3. The summed E-state index contributed by atoms with van der Waals surface area (Å²) in [5, 5.41) is 9.15. The lowest BCUT2D eigenvalue weighted by Crippen LogP contribution is -2.54. The molecule has 0 unspecified atom stereocenters. The van der Waals surface area contributed by atoms with Crippen LogP contribution in [0.25, 0.3) is 0 Å². The van der Waals surface area contributed by atoms with Crippen molar-refractivity contribution in [3.05, 3.63) is 17.7 Å². The number of amides is 1. The Bertz CT molecular complexity index is 762. The zero-order chi connectivity index (χ0) is 20.0. The van der Waals surface area contributed by atoms with Gasteiger partial charge >= 0.3 is 6.09 Å². The number of piperazine rings is 1. The lowest BCUT2D eigenvalue weighted by molar-refractivity contribution is 0.0775. The summed E-state index contributed by atoms with van der Waals surface area (Å²) in [6, 6.07) is 4.93. The number of piperidine rings is 1. The van der Waals surface area contributed by atoms with Crippen molar-refractivity contribution < 1.29 is 14.6 Å². The van der Waals surface area contributed by atoms with Gasteiger partial charge in [-0.05, 0) is 56.1 Å². The Kier molecular flexibility index (Phi) is 4.94. The molecule has 1 amide bonds. The summed E-state index contributed by atoms with van der Waals surface area (Å²) in [6.45, 7) is 5.03. The average Bonchev–Trinajstić information content (AvgIpc) is 3.64. The first-order valence-electron chi connectivity index (χ1n) is 11.2. The zero-order valence-corrected chi connectivity index (χ0v) is 17.1. The molecule has 0 radical (unpaired) electrons. The molecular weight excluding hydrogens is 368 g/mol. The molecule has 2 saturated carbocycles. The summed E-state index contributed by atoms with van der Waals surface area (Å²) in [6.07, 6.45) is 6.62. The first-order chi connectivity index (χ1) is 14.1. The van der Waals surface area contributed by atoms with Crippen molar-refractivity contribution in [2.24, 2.45) is 0 Å². The van der Waals surface area contributed by atoms with Crippen LogP contribution >= 0.6 is 0 Å². The highest BCUT2D eigenvalue weighted by atomic mass is 16.5. The third kappa shape index (κ3) is 4.10. The van der Waals surface area contributed by atoms with Gasteiger partial charge in [0.2, 0.25) is 0 Å². The fourth-order valence-corrected chi connectivity index (χ4v) is 4.82. The minimum atomic E-state index is -0.792. The second-order valence-electron chi connectivity index (χ2n) is 9.06. The third-order valence-corrected chi connectivity index (χ3v) is 6.90. The minimum absolute atomic E-state index is 0.354. The molecule has 4 fully saturated rings. The highest BCUT2D eigenvalue weighted by Crippen LogP contribution is 2.48. The maximum Gasteiger partial charge on any atom is 0.407 e. The van der Waals surface area contributed by atoms with Gasteiger partial charge in [-0.15, -0.1) is 0 Å². The van der Waals surface area contributed by atoms with Crippen molar-refractivity contribution in [3.63, 3.8) is 0 Å². The summed E-state index contributed by atoms with van der Waals surface area (Å²) in [7, 11) is 0. The van der Waals surface area contributed by atoms with E-state index in [-0.39, 0.29) is 0 Å². The van der Waals surface area contributed by atoms with Crippen LogP contribution in [0.1, 0.15) is 50.0 Å². The van der Waals surface area contributed by atoms with E-state index in [0.29, 0.717) is 31.2 Å². The van der Waals surface area contributed by atoms with E-state index in [1.54, 1.807) is 0 Å². The maximum absolute atomic E-state index is 11.1. The number of hydrogen-bond donors (Lipinski definition) is 2. The van der Waals surface area contributed by atoms with Crippen LogP contribution in [0.5, 0.6) is 5.75 Å². The van der Waals surface area contributed by atoms with E-state index >= 15 is 0 Å². The van der Waals surface area contributed by atoms with E-state index in [1.807, 2.05) is 0 Å². The molecule has 4 aliphatic rings. The van der Waals surface area contributed by atoms with Crippen molar-refractivity contribution in [2.75, 3.05) is 49.9 Å². The molecule has 7 heteroatoms. The summed E-state index contributed by atoms with van der Waals surface area (Å²) in [5.74, 6) is 1.52. The molecule has 29 heavy (non-hydrogen) atoms. The molecule has 0 aromatic heterocycles. The van der Waals surface area contributed by atoms with Crippen molar-refractivity contribution in [1.82, 2.24) is 9.80 Å². The maximum atomic E-state index is 11.1. The molecule has 158 valence electrons.